The Hall–Kier alpha value is -4.08. The summed E-state index contributed by atoms with van der Waals surface area (Å²) in [4.78, 5) is 23.5. The van der Waals surface area contributed by atoms with Gasteiger partial charge in [-0.05, 0) is 70.5 Å². The predicted molar refractivity (Wildman–Crippen MR) is 183 cm³/mol. The zero-order valence-corrected chi connectivity index (χ0v) is 29.0. The molecule has 11 nitrogen and oxygen atoms in total. The molecule has 3 N–H and O–H groups in total. The van der Waals surface area contributed by atoms with Crippen LogP contribution in [0.15, 0.2) is 46.0 Å². The van der Waals surface area contributed by atoms with Crippen LogP contribution >= 0.6 is 46.4 Å². The van der Waals surface area contributed by atoms with Gasteiger partial charge in [0.1, 0.15) is 0 Å². The molecule has 0 saturated heterocycles. The van der Waals surface area contributed by atoms with E-state index in [1.807, 2.05) is 39.8 Å². The quantitative estimate of drug-likeness (QED) is 0.151. The topological polar surface area (TPSA) is 170 Å². The minimum Gasteiger partial charge on any atom is -0.268 e. The van der Waals surface area contributed by atoms with Crippen LogP contribution in [0, 0.1) is 11.3 Å². The van der Waals surface area contributed by atoms with Gasteiger partial charge in [0.25, 0.3) is 11.1 Å². The zero-order chi connectivity index (χ0) is 34.2. The molecule has 5 rings (SSSR count). The van der Waals surface area contributed by atoms with Crippen LogP contribution in [0.2, 0.25) is 20.1 Å². The third-order valence-corrected chi connectivity index (χ3v) is 8.52. The van der Waals surface area contributed by atoms with E-state index in [2.05, 4.69) is 47.1 Å². The van der Waals surface area contributed by atoms with Gasteiger partial charge in [0.15, 0.2) is 5.82 Å². The molecule has 5 aromatic rings. The van der Waals surface area contributed by atoms with Gasteiger partial charge in [0.05, 0.1) is 23.9 Å². The largest absolute Gasteiger partial charge is 0.268 e. The summed E-state index contributed by atoms with van der Waals surface area (Å²) < 4.78 is 0. The number of halogens is 4. The number of nitrogens with one attached hydrogen (secondary N) is 3. The molecule has 0 atom stereocenters. The highest BCUT2D eigenvalue weighted by molar-refractivity contribution is 6.36. The average molecular weight is 715 g/mol. The average Bonchev–Trinajstić information content (AvgIpc) is 3.52. The molecule has 0 fully saturated rings. The van der Waals surface area contributed by atoms with E-state index in [4.69, 9.17) is 51.7 Å². The maximum absolute atomic E-state index is 11.8. The molecular formula is C32H31Cl4N9O2. The molecule has 15 heteroatoms. The van der Waals surface area contributed by atoms with Crippen molar-refractivity contribution in [2.75, 3.05) is 0 Å². The van der Waals surface area contributed by atoms with Gasteiger partial charge in [0.2, 0.25) is 0 Å². The van der Waals surface area contributed by atoms with Crippen molar-refractivity contribution in [3.05, 3.63) is 128 Å². The van der Waals surface area contributed by atoms with Gasteiger partial charge in [-0.2, -0.15) is 20.7 Å². The smallest absolute Gasteiger partial charge is 0.267 e. The lowest BCUT2D eigenvalue weighted by Crippen LogP contribution is -2.17. The predicted octanol–water partition coefficient (Wildman–Crippen LogP) is 6.75. The minimum absolute atomic E-state index is 0.105. The summed E-state index contributed by atoms with van der Waals surface area (Å²) in [7, 11) is 0. The standard InChI is InChI=1S/C16H16Cl2N6O.C16H15Cl2N3O/c1-8(2)11-6-10(19-22-16(11)25)7-12-13(17)3-9(4-14(12)18)5-15-20-23-24-21-15;1-9(2)12-7-11(20-21-16(12)22)8-13-14(17)5-10(3-4-19)6-15(13)18/h3-4,6,8H,5,7H2,1-2H3,(H,22,25)(H,20,21,23,24);5-7,9H,3,8H2,1-2H3,(H,21,22). The van der Waals surface area contributed by atoms with Crippen molar-refractivity contribution in [3.8, 4) is 6.07 Å². The monoisotopic (exact) mass is 713 g/mol. The molecular weight excluding hydrogens is 684 g/mol. The zero-order valence-electron chi connectivity index (χ0n) is 26.0. The molecule has 0 aliphatic carbocycles. The van der Waals surface area contributed by atoms with Crippen LogP contribution in [0.5, 0.6) is 0 Å². The lowest BCUT2D eigenvalue weighted by atomic mass is 10.0. The molecule has 0 spiro atoms. The first kappa shape index (κ1) is 35.8. The second-order valence-electron chi connectivity index (χ2n) is 11.4. The normalized spacial score (nSPS) is 11.0. The third kappa shape index (κ3) is 9.49. The first-order valence-electron chi connectivity index (χ1n) is 14.6. The fourth-order valence-corrected chi connectivity index (χ4v) is 6.05. The lowest BCUT2D eigenvalue weighted by molar-refractivity contribution is 0.801. The van der Waals surface area contributed by atoms with E-state index in [9.17, 15) is 9.59 Å². The summed E-state index contributed by atoms with van der Waals surface area (Å²) in [6, 6.07) is 12.8. The minimum atomic E-state index is -0.180. The van der Waals surface area contributed by atoms with Crippen LogP contribution in [0.3, 0.4) is 0 Å². The number of hydrogen-bond acceptors (Lipinski definition) is 8. The van der Waals surface area contributed by atoms with Gasteiger partial charge < -0.3 is 0 Å². The number of rotatable bonds is 9. The Morgan fingerprint density at radius 1 is 0.681 bits per heavy atom. The Balaban J connectivity index is 0.000000215. The van der Waals surface area contributed by atoms with Crippen molar-refractivity contribution in [1.82, 2.24) is 41.0 Å². The number of nitriles is 1. The van der Waals surface area contributed by atoms with E-state index in [0.717, 1.165) is 22.3 Å². The molecule has 0 bridgehead atoms. The van der Waals surface area contributed by atoms with E-state index in [1.54, 1.807) is 24.3 Å². The first-order chi connectivity index (χ1) is 22.4. The summed E-state index contributed by atoms with van der Waals surface area (Å²) in [6.45, 7) is 7.82. The first-order valence-corrected chi connectivity index (χ1v) is 16.1. The van der Waals surface area contributed by atoms with E-state index in [-0.39, 0.29) is 29.4 Å². The molecule has 0 aliphatic rings. The van der Waals surface area contributed by atoms with Crippen molar-refractivity contribution in [1.29, 1.82) is 5.26 Å². The van der Waals surface area contributed by atoms with Crippen LogP contribution in [0.4, 0.5) is 0 Å². The summed E-state index contributed by atoms with van der Waals surface area (Å²) in [5.74, 6) is 0.770. The van der Waals surface area contributed by atoms with Crippen molar-refractivity contribution in [2.24, 2.45) is 0 Å². The number of nitrogens with zero attached hydrogens (tertiary/aromatic N) is 6. The Bertz CT molecular complexity index is 1970. The Kier molecular flexibility index (Phi) is 12.3. The molecule has 0 radical (unpaired) electrons. The third-order valence-electron chi connectivity index (χ3n) is 7.17. The number of aromatic amines is 3. The molecule has 0 unspecified atom stereocenters. The van der Waals surface area contributed by atoms with Crippen LogP contribution in [-0.4, -0.2) is 41.0 Å². The Labute approximate surface area is 290 Å². The lowest BCUT2D eigenvalue weighted by Gasteiger charge is -2.10. The number of tetrazole rings is 1. The van der Waals surface area contributed by atoms with Gasteiger partial charge in [-0.25, -0.2) is 10.2 Å². The molecule has 2 aromatic carbocycles. The second kappa shape index (κ2) is 16.2. The molecule has 3 aromatic heterocycles. The van der Waals surface area contributed by atoms with E-state index >= 15 is 0 Å². The van der Waals surface area contributed by atoms with Crippen molar-refractivity contribution in [3.63, 3.8) is 0 Å². The maximum Gasteiger partial charge on any atom is 0.267 e. The van der Waals surface area contributed by atoms with Crippen LogP contribution in [0.25, 0.3) is 0 Å². The van der Waals surface area contributed by atoms with Crippen LogP contribution < -0.4 is 11.1 Å². The van der Waals surface area contributed by atoms with Gasteiger partial charge in [0, 0.05) is 50.5 Å². The Morgan fingerprint density at radius 3 is 1.51 bits per heavy atom. The summed E-state index contributed by atoms with van der Waals surface area (Å²) >= 11 is 25.3. The van der Waals surface area contributed by atoms with Gasteiger partial charge in [-0.3, -0.25) is 9.59 Å². The number of hydrogen-bond donors (Lipinski definition) is 3. The second-order valence-corrected chi connectivity index (χ2v) is 13.0. The van der Waals surface area contributed by atoms with Crippen LogP contribution in [-0.2, 0) is 25.7 Å². The van der Waals surface area contributed by atoms with Gasteiger partial charge in [-0.15, -0.1) is 10.2 Å². The molecule has 244 valence electrons. The Morgan fingerprint density at radius 2 is 1.13 bits per heavy atom. The summed E-state index contributed by atoms with van der Waals surface area (Å²) in [6.07, 6.45) is 1.58. The highest BCUT2D eigenvalue weighted by Crippen LogP contribution is 2.30. The highest BCUT2D eigenvalue weighted by Gasteiger charge is 2.15. The van der Waals surface area contributed by atoms with Gasteiger partial charge in [-0.1, -0.05) is 79.3 Å². The van der Waals surface area contributed by atoms with E-state index < -0.39 is 0 Å². The van der Waals surface area contributed by atoms with Crippen molar-refractivity contribution < 1.29 is 0 Å². The fraction of sp³-hybridized carbons (Fsp3) is 0.312. The maximum atomic E-state index is 11.8. The molecule has 0 amide bonds. The highest BCUT2D eigenvalue weighted by atomic mass is 35.5. The molecule has 0 saturated carbocycles. The molecule has 47 heavy (non-hydrogen) atoms. The summed E-state index contributed by atoms with van der Waals surface area (Å²) in [5.41, 5.74) is 5.57. The fourth-order valence-electron chi connectivity index (χ4n) is 4.71. The van der Waals surface area contributed by atoms with E-state index in [1.165, 1.54) is 0 Å². The molecule has 0 aliphatic heterocycles. The SMILES string of the molecule is CC(C)c1cc(Cc2c(Cl)cc(CC#N)cc2Cl)n[nH]c1=O.CC(C)c1cc(Cc2c(Cl)cc(Cc3nn[nH]n3)cc2Cl)n[nH]c1=O. The number of aromatic nitrogens is 8. The molecule has 3 heterocycles. The van der Waals surface area contributed by atoms with Crippen LogP contribution in [0.1, 0.15) is 90.1 Å². The van der Waals surface area contributed by atoms with E-state index in [0.29, 0.717) is 67.7 Å². The summed E-state index contributed by atoms with van der Waals surface area (Å²) in [5, 5.41) is 37.7. The van der Waals surface area contributed by atoms with Crippen molar-refractivity contribution in [2.45, 2.75) is 65.2 Å². The number of benzene rings is 2. The van der Waals surface area contributed by atoms with Crippen molar-refractivity contribution >= 4 is 46.4 Å². The van der Waals surface area contributed by atoms with Gasteiger partial charge >= 0.3 is 0 Å². The number of H-pyrrole nitrogens is 3.